The fourth-order valence-electron chi connectivity index (χ4n) is 7.24. The molecule has 0 aliphatic carbocycles. The van der Waals surface area contributed by atoms with Crippen LogP contribution in [0.15, 0.2) is 0 Å². The molecule has 0 radical (unpaired) electrons. The molecule has 1 unspecified atom stereocenters. The minimum atomic E-state index is -0.251. The first-order chi connectivity index (χ1) is 27.4. The maximum absolute atomic E-state index is 13.4. The van der Waals surface area contributed by atoms with Crippen molar-refractivity contribution in [1.82, 2.24) is 14.7 Å². The molecule has 0 heterocycles. The molecule has 9 heteroatoms. The van der Waals surface area contributed by atoms with Crippen LogP contribution >= 0.6 is 0 Å². The fraction of sp³-hybridized carbons (Fsp3) is 0.936. The number of ether oxygens (including phenoxy) is 3. The molecule has 1 amide bonds. The van der Waals surface area contributed by atoms with Gasteiger partial charge in [-0.25, -0.2) is 4.79 Å². The SMILES string of the molecule is CCCCCCCCC(CCCCCC)C(=O)OCCN(CCCN(CC)CC)CCOC(=O)N(CCCCCC)CCCCCC(=O)OCCCCCCC. The number of carbonyl (C=O) groups excluding carboxylic acids is 3. The zero-order valence-electron chi connectivity index (χ0n) is 38.0. The summed E-state index contributed by atoms with van der Waals surface area (Å²) in [7, 11) is 0. The minimum absolute atomic E-state index is 0.00246. The average Bonchev–Trinajstić information content (AvgIpc) is 3.20. The van der Waals surface area contributed by atoms with Gasteiger partial charge in [-0.1, -0.05) is 157 Å². The van der Waals surface area contributed by atoms with E-state index in [2.05, 4.69) is 51.3 Å². The Hall–Kier alpha value is -1.87. The first-order valence-electron chi connectivity index (χ1n) is 24.0. The van der Waals surface area contributed by atoms with Gasteiger partial charge in [0.2, 0.25) is 0 Å². The second-order valence-corrected chi connectivity index (χ2v) is 16.1. The lowest BCUT2D eigenvalue weighted by Gasteiger charge is -2.26. The second-order valence-electron chi connectivity index (χ2n) is 16.1. The molecule has 56 heavy (non-hydrogen) atoms. The van der Waals surface area contributed by atoms with Gasteiger partial charge >= 0.3 is 18.0 Å². The molecule has 0 aromatic heterocycles. The molecule has 1 atom stereocenters. The normalized spacial score (nSPS) is 12.0. The predicted molar refractivity (Wildman–Crippen MR) is 235 cm³/mol. The van der Waals surface area contributed by atoms with Gasteiger partial charge in [-0.15, -0.1) is 0 Å². The van der Waals surface area contributed by atoms with E-state index >= 15 is 0 Å². The molecule has 0 aliphatic rings. The van der Waals surface area contributed by atoms with Crippen LogP contribution in [0.3, 0.4) is 0 Å². The highest BCUT2D eigenvalue weighted by Crippen LogP contribution is 2.20. The zero-order valence-corrected chi connectivity index (χ0v) is 38.0. The van der Waals surface area contributed by atoms with Gasteiger partial charge in [0.1, 0.15) is 13.2 Å². The van der Waals surface area contributed by atoms with Crippen molar-refractivity contribution in [2.24, 2.45) is 5.92 Å². The van der Waals surface area contributed by atoms with Crippen LogP contribution in [0.5, 0.6) is 0 Å². The van der Waals surface area contributed by atoms with Gasteiger partial charge in [0.05, 0.1) is 12.5 Å². The van der Waals surface area contributed by atoms with Crippen molar-refractivity contribution in [3.8, 4) is 0 Å². The first-order valence-corrected chi connectivity index (χ1v) is 24.0. The van der Waals surface area contributed by atoms with Crippen molar-refractivity contribution in [3.05, 3.63) is 0 Å². The highest BCUT2D eigenvalue weighted by atomic mass is 16.6. The number of hydrogen-bond acceptors (Lipinski definition) is 8. The molecule has 0 rings (SSSR count). The molecule has 0 N–H and O–H groups in total. The van der Waals surface area contributed by atoms with E-state index in [-0.39, 0.29) is 23.9 Å². The van der Waals surface area contributed by atoms with E-state index in [9.17, 15) is 14.4 Å². The topological polar surface area (TPSA) is 88.6 Å². The van der Waals surface area contributed by atoms with Gasteiger partial charge in [0.15, 0.2) is 0 Å². The predicted octanol–water partition coefficient (Wildman–Crippen LogP) is 12.0. The average molecular weight is 796 g/mol. The summed E-state index contributed by atoms with van der Waals surface area (Å²) in [6.45, 7) is 21.0. The van der Waals surface area contributed by atoms with Gasteiger partial charge in [0, 0.05) is 32.6 Å². The van der Waals surface area contributed by atoms with Crippen LogP contribution in [0.25, 0.3) is 0 Å². The number of hydrogen-bond donors (Lipinski definition) is 0. The lowest BCUT2D eigenvalue weighted by Crippen LogP contribution is -2.38. The van der Waals surface area contributed by atoms with Gasteiger partial charge in [-0.3, -0.25) is 14.5 Å². The lowest BCUT2D eigenvalue weighted by molar-refractivity contribution is -0.149. The van der Waals surface area contributed by atoms with E-state index in [1.165, 1.54) is 70.6 Å². The molecule has 0 spiro atoms. The van der Waals surface area contributed by atoms with Crippen LogP contribution in [0.4, 0.5) is 4.79 Å². The Morgan fingerprint density at radius 2 is 0.875 bits per heavy atom. The smallest absolute Gasteiger partial charge is 0.409 e. The summed E-state index contributed by atoms with van der Waals surface area (Å²) in [5.41, 5.74) is 0. The molecule has 0 aliphatic heterocycles. The molecule has 0 aromatic rings. The Kier molecular flexibility index (Phi) is 39.9. The Morgan fingerprint density at radius 1 is 0.411 bits per heavy atom. The Bertz CT molecular complexity index is 886. The summed E-state index contributed by atoms with van der Waals surface area (Å²) in [5.74, 6) is -0.140. The Morgan fingerprint density at radius 3 is 1.45 bits per heavy atom. The molecule has 0 bridgehead atoms. The van der Waals surface area contributed by atoms with Crippen LogP contribution in [-0.2, 0) is 23.8 Å². The Balaban J connectivity index is 5.07. The molecule has 0 saturated heterocycles. The van der Waals surface area contributed by atoms with Crippen LogP contribution in [0.1, 0.15) is 208 Å². The van der Waals surface area contributed by atoms with E-state index in [1.54, 1.807) is 0 Å². The van der Waals surface area contributed by atoms with E-state index in [0.29, 0.717) is 52.4 Å². The minimum Gasteiger partial charge on any atom is -0.466 e. The first kappa shape index (κ1) is 54.1. The monoisotopic (exact) mass is 796 g/mol. The van der Waals surface area contributed by atoms with Crippen molar-refractivity contribution in [1.29, 1.82) is 0 Å². The summed E-state index contributed by atoms with van der Waals surface area (Å²) in [6, 6.07) is 0. The van der Waals surface area contributed by atoms with Crippen molar-refractivity contribution in [2.45, 2.75) is 208 Å². The number of amides is 1. The van der Waals surface area contributed by atoms with Crippen molar-refractivity contribution in [2.75, 3.05) is 72.2 Å². The molecule has 0 saturated carbocycles. The van der Waals surface area contributed by atoms with Crippen molar-refractivity contribution < 1.29 is 28.6 Å². The zero-order chi connectivity index (χ0) is 41.3. The third-order valence-electron chi connectivity index (χ3n) is 11.1. The molecule has 0 fully saturated rings. The van der Waals surface area contributed by atoms with Crippen LogP contribution in [0.2, 0.25) is 0 Å². The van der Waals surface area contributed by atoms with Gasteiger partial charge < -0.3 is 24.0 Å². The number of nitrogens with zero attached hydrogens (tertiary/aromatic N) is 3. The standard InChI is InChI=1S/C47H93N3O6/c1-7-13-17-21-22-26-33-44(32-25-19-15-9-3)46(52)55-42-39-49(36-31-35-48(11-5)12-6)40-43-56-47(53)50(37-28-20-16-10-4)38-29-24-27-34-45(51)54-41-30-23-18-14-8-2/h44H,7-43H2,1-6H3. The summed E-state index contributed by atoms with van der Waals surface area (Å²) >= 11 is 0. The van der Waals surface area contributed by atoms with Crippen LogP contribution < -0.4 is 0 Å². The number of unbranched alkanes of at least 4 members (excludes halogenated alkanes) is 17. The largest absolute Gasteiger partial charge is 0.466 e. The summed E-state index contributed by atoms with van der Waals surface area (Å²) in [5, 5.41) is 0. The summed E-state index contributed by atoms with van der Waals surface area (Å²) in [4.78, 5) is 45.4. The quantitative estimate of drug-likeness (QED) is 0.0343. The molecule has 0 aromatic carbocycles. The van der Waals surface area contributed by atoms with Gasteiger partial charge in [-0.2, -0.15) is 0 Å². The molecule has 9 nitrogen and oxygen atoms in total. The number of rotatable bonds is 42. The third kappa shape index (κ3) is 33.1. The lowest BCUT2D eigenvalue weighted by atomic mass is 9.94. The maximum atomic E-state index is 13.4. The number of carbonyl (C=O) groups is 3. The highest BCUT2D eigenvalue weighted by Gasteiger charge is 2.20. The van der Waals surface area contributed by atoms with E-state index < -0.39 is 0 Å². The molecular weight excluding hydrogens is 703 g/mol. The van der Waals surface area contributed by atoms with Gasteiger partial charge in [-0.05, 0) is 71.1 Å². The third-order valence-corrected chi connectivity index (χ3v) is 11.1. The molecular formula is C47H93N3O6. The second kappa shape index (κ2) is 41.3. The summed E-state index contributed by atoms with van der Waals surface area (Å²) in [6.07, 6.45) is 27.7. The van der Waals surface area contributed by atoms with Crippen molar-refractivity contribution >= 4 is 18.0 Å². The van der Waals surface area contributed by atoms with Gasteiger partial charge in [0.25, 0.3) is 0 Å². The van der Waals surface area contributed by atoms with Crippen LogP contribution in [0, 0.1) is 5.92 Å². The molecule has 332 valence electrons. The highest BCUT2D eigenvalue weighted by molar-refractivity contribution is 5.72. The van der Waals surface area contributed by atoms with E-state index in [4.69, 9.17) is 14.2 Å². The van der Waals surface area contributed by atoms with Crippen LogP contribution in [-0.4, -0.2) is 105 Å². The fourth-order valence-corrected chi connectivity index (χ4v) is 7.24. The summed E-state index contributed by atoms with van der Waals surface area (Å²) < 4.78 is 17.3. The number of esters is 2. The maximum Gasteiger partial charge on any atom is 0.409 e. The van der Waals surface area contributed by atoms with E-state index in [1.807, 2.05) is 4.90 Å². The van der Waals surface area contributed by atoms with Crippen molar-refractivity contribution in [3.63, 3.8) is 0 Å². The van der Waals surface area contributed by atoms with E-state index in [0.717, 1.165) is 116 Å². The Labute approximate surface area is 347 Å².